The molecular weight excluding hydrogens is 555 g/mol. The Kier molecular flexibility index (Phi) is 10.2. The van der Waals surface area contributed by atoms with E-state index in [0.29, 0.717) is 17.5 Å². The Balaban J connectivity index is 0.000000493. The molecule has 220 valence electrons. The smallest absolute Gasteiger partial charge is 0.475 e. The zero-order valence-electron chi connectivity index (χ0n) is 22.5. The van der Waals surface area contributed by atoms with Gasteiger partial charge in [-0.1, -0.05) is 60.7 Å². The number of fused-ring (bicyclic) bond motifs is 1. The van der Waals surface area contributed by atoms with Crippen LogP contribution in [-0.4, -0.2) is 62.8 Å². The van der Waals surface area contributed by atoms with Crippen molar-refractivity contribution in [2.45, 2.75) is 49.3 Å². The summed E-state index contributed by atoms with van der Waals surface area (Å²) in [4.78, 5) is 11.5. The van der Waals surface area contributed by atoms with Crippen molar-refractivity contribution in [3.05, 3.63) is 89.5 Å². The first kappa shape index (κ1) is 30.7. The van der Waals surface area contributed by atoms with E-state index in [4.69, 9.17) is 9.90 Å². The molecule has 3 N–H and O–H groups in total. The van der Waals surface area contributed by atoms with Crippen LogP contribution in [0.25, 0.3) is 11.1 Å². The van der Waals surface area contributed by atoms with Gasteiger partial charge in [0, 0.05) is 25.7 Å². The van der Waals surface area contributed by atoms with Crippen molar-refractivity contribution in [2.24, 2.45) is 0 Å². The van der Waals surface area contributed by atoms with Crippen LogP contribution in [-0.2, 0) is 34.2 Å². The summed E-state index contributed by atoms with van der Waals surface area (Å²) in [6.45, 7) is 4.08. The molecule has 0 spiro atoms. The largest absolute Gasteiger partial charge is 0.490 e. The molecule has 0 unspecified atom stereocenters. The Bertz CT molecular complexity index is 1420. The minimum atomic E-state index is -5.08. The molecule has 1 aliphatic carbocycles. The van der Waals surface area contributed by atoms with E-state index in [0.717, 1.165) is 50.1 Å². The minimum absolute atomic E-state index is 0.320. The minimum Gasteiger partial charge on any atom is -0.475 e. The number of nitrogens with zero attached hydrogens (tertiary/aromatic N) is 1. The number of carboxylic acids is 1. The summed E-state index contributed by atoms with van der Waals surface area (Å²) < 4.78 is 60.4. The van der Waals surface area contributed by atoms with Crippen molar-refractivity contribution in [3.63, 3.8) is 0 Å². The van der Waals surface area contributed by atoms with E-state index >= 15 is 0 Å². The Labute approximate surface area is 238 Å². The number of sulfonamides is 1. The lowest BCUT2D eigenvalue weighted by molar-refractivity contribution is -0.192. The molecule has 3 aromatic carbocycles. The highest BCUT2D eigenvalue weighted by Gasteiger charge is 2.38. The molecule has 3 aromatic rings. The molecule has 1 aliphatic heterocycles. The molecule has 0 amide bonds. The van der Waals surface area contributed by atoms with Gasteiger partial charge in [0.2, 0.25) is 10.0 Å². The van der Waals surface area contributed by atoms with Gasteiger partial charge in [-0.05, 0) is 78.7 Å². The molecule has 5 rings (SSSR count). The molecule has 1 heterocycles. The molecule has 0 bridgehead atoms. The van der Waals surface area contributed by atoms with Gasteiger partial charge < -0.3 is 15.3 Å². The van der Waals surface area contributed by atoms with Gasteiger partial charge in [0.05, 0.1) is 4.90 Å². The molecule has 0 saturated carbocycles. The van der Waals surface area contributed by atoms with Crippen LogP contribution in [0.4, 0.5) is 13.2 Å². The average molecular weight is 590 g/mol. The highest BCUT2D eigenvalue weighted by atomic mass is 32.2. The standard InChI is InChI=1S/C28H33N3O2S.C2HF3O2/c32-34(33,30-14-17-31-15-5-6-16-31)27-12-7-11-24(20-27)28-13-4-3-10-25(28)21-29-26-18-22-8-1-2-9-23(22)19-26;3-2(4,5)1(6)7/h1-4,7-13,20,26,29-30H,5-6,14-19,21H2;(H,6,7). The van der Waals surface area contributed by atoms with Crippen molar-refractivity contribution < 1.29 is 31.5 Å². The fourth-order valence-corrected chi connectivity index (χ4v) is 6.24. The molecule has 1 fully saturated rings. The first-order chi connectivity index (χ1) is 19.5. The van der Waals surface area contributed by atoms with Crippen LogP contribution in [0.5, 0.6) is 0 Å². The number of carbonyl (C=O) groups is 1. The van der Waals surface area contributed by atoms with E-state index in [1.54, 1.807) is 12.1 Å². The van der Waals surface area contributed by atoms with Gasteiger partial charge in [-0.15, -0.1) is 0 Å². The fraction of sp³-hybridized carbons (Fsp3) is 0.367. The van der Waals surface area contributed by atoms with Crippen LogP contribution >= 0.6 is 0 Å². The molecule has 7 nitrogen and oxygen atoms in total. The number of alkyl halides is 3. The highest BCUT2D eigenvalue weighted by molar-refractivity contribution is 7.89. The van der Waals surface area contributed by atoms with Gasteiger partial charge in [0.1, 0.15) is 0 Å². The average Bonchev–Trinajstić information content (AvgIpc) is 3.62. The SMILES string of the molecule is O=C(O)C(F)(F)F.O=S(=O)(NCCN1CCCC1)c1cccc(-c2ccccc2CNC2Cc3ccccc3C2)c1. The third-order valence-electron chi connectivity index (χ3n) is 7.27. The number of rotatable bonds is 9. The maximum Gasteiger partial charge on any atom is 0.490 e. The number of hydrogen-bond acceptors (Lipinski definition) is 5. The van der Waals surface area contributed by atoms with Crippen LogP contribution in [0.1, 0.15) is 29.5 Å². The Morgan fingerprint density at radius 2 is 1.54 bits per heavy atom. The highest BCUT2D eigenvalue weighted by Crippen LogP contribution is 2.27. The summed E-state index contributed by atoms with van der Waals surface area (Å²) in [5.41, 5.74) is 6.04. The van der Waals surface area contributed by atoms with Crippen LogP contribution in [0.3, 0.4) is 0 Å². The quantitative estimate of drug-likeness (QED) is 0.337. The summed E-state index contributed by atoms with van der Waals surface area (Å²) in [5, 5.41) is 10.8. The maximum atomic E-state index is 12.9. The van der Waals surface area contributed by atoms with E-state index in [1.165, 1.54) is 29.5 Å². The van der Waals surface area contributed by atoms with Crippen molar-refractivity contribution in [2.75, 3.05) is 26.2 Å². The van der Waals surface area contributed by atoms with E-state index in [9.17, 15) is 21.6 Å². The number of nitrogens with one attached hydrogen (secondary N) is 2. The molecule has 41 heavy (non-hydrogen) atoms. The number of hydrogen-bond donors (Lipinski definition) is 3. The van der Waals surface area contributed by atoms with Gasteiger partial charge in [-0.25, -0.2) is 17.9 Å². The number of benzene rings is 3. The van der Waals surface area contributed by atoms with Crippen LogP contribution < -0.4 is 10.0 Å². The topological polar surface area (TPSA) is 98.7 Å². The van der Waals surface area contributed by atoms with E-state index in [2.05, 4.69) is 51.3 Å². The van der Waals surface area contributed by atoms with Crippen LogP contribution in [0, 0.1) is 0 Å². The molecule has 11 heteroatoms. The third kappa shape index (κ3) is 8.62. The predicted molar refractivity (Wildman–Crippen MR) is 151 cm³/mol. The normalized spacial score (nSPS) is 15.8. The van der Waals surface area contributed by atoms with E-state index in [-0.39, 0.29) is 0 Å². The van der Waals surface area contributed by atoms with E-state index in [1.807, 2.05) is 24.3 Å². The Morgan fingerprint density at radius 1 is 0.927 bits per heavy atom. The molecular formula is C30H34F3N3O4S. The summed E-state index contributed by atoms with van der Waals surface area (Å²) in [5.74, 6) is -2.76. The second-order valence-electron chi connectivity index (χ2n) is 10.2. The summed E-state index contributed by atoms with van der Waals surface area (Å²) in [7, 11) is -3.54. The van der Waals surface area contributed by atoms with Gasteiger partial charge in [0.15, 0.2) is 0 Å². The number of carboxylic acid groups (broad SMARTS) is 1. The number of likely N-dealkylation sites (tertiary alicyclic amines) is 1. The molecule has 0 atom stereocenters. The zero-order valence-corrected chi connectivity index (χ0v) is 23.3. The summed E-state index contributed by atoms with van der Waals surface area (Å²) in [6, 6.07) is 24.6. The maximum absolute atomic E-state index is 12.9. The molecule has 2 aliphatic rings. The Morgan fingerprint density at radius 3 is 2.17 bits per heavy atom. The van der Waals surface area contributed by atoms with Crippen molar-refractivity contribution in [3.8, 4) is 11.1 Å². The predicted octanol–water partition coefficient (Wildman–Crippen LogP) is 4.62. The lowest BCUT2D eigenvalue weighted by Crippen LogP contribution is -2.33. The van der Waals surface area contributed by atoms with Gasteiger partial charge in [-0.2, -0.15) is 13.2 Å². The Hall–Kier alpha value is -3.25. The first-order valence-corrected chi connectivity index (χ1v) is 15.0. The van der Waals surface area contributed by atoms with E-state index < -0.39 is 22.2 Å². The van der Waals surface area contributed by atoms with Crippen LogP contribution in [0.2, 0.25) is 0 Å². The lowest BCUT2D eigenvalue weighted by atomic mass is 9.99. The molecule has 1 saturated heterocycles. The first-order valence-electron chi connectivity index (χ1n) is 13.5. The molecule has 0 aromatic heterocycles. The second kappa shape index (κ2) is 13.6. The second-order valence-corrected chi connectivity index (χ2v) is 12.0. The lowest BCUT2D eigenvalue weighted by Gasteiger charge is -2.16. The van der Waals surface area contributed by atoms with Crippen molar-refractivity contribution in [1.29, 1.82) is 0 Å². The summed E-state index contributed by atoms with van der Waals surface area (Å²) in [6.07, 6.45) is -0.572. The molecule has 0 radical (unpaired) electrons. The fourth-order valence-electron chi connectivity index (χ4n) is 5.17. The van der Waals surface area contributed by atoms with Crippen LogP contribution in [0.15, 0.2) is 77.7 Å². The monoisotopic (exact) mass is 589 g/mol. The third-order valence-corrected chi connectivity index (χ3v) is 8.72. The van der Waals surface area contributed by atoms with Crippen molar-refractivity contribution >= 4 is 16.0 Å². The summed E-state index contributed by atoms with van der Waals surface area (Å²) >= 11 is 0. The van der Waals surface area contributed by atoms with Gasteiger partial charge in [0.25, 0.3) is 0 Å². The van der Waals surface area contributed by atoms with Crippen molar-refractivity contribution in [1.82, 2.24) is 14.9 Å². The zero-order chi connectivity index (χ0) is 29.5. The van der Waals surface area contributed by atoms with Gasteiger partial charge in [-0.3, -0.25) is 0 Å². The van der Waals surface area contributed by atoms with Gasteiger partial charge >= 0.3 is 12.1 Å². The number of aliphatic carboxylic acids is 1. The number of halogens is 3.